The minimum atomic E-state index is -0.490. The van der Waals surface area contributed by atoms with Gasteiger partial charge in [0, 0.05) is 17.3 Å². The largest absolute Gasteiger partial charge is 0.390 e. The quantitative estimate of drug-likeness (QED) is 0.738. The number of hydrogen-bond acceptors (Lipinski definition) is 4. The predicted molar refractivity (Wildman–Crippen MR) is 107 cm³/mol. The summed E-state index contributed by atoms with van der Waals surface area (Å²) in [4.78, 5) is 7.26. The van der Waals surface area contributed by atoms with Crippen molar-refractivity contribution in [2.24, 2.45) is 5.73 Å². The number of aliphatic hydroxyl groups is 1. The van der Waals surface area contributed by atoms with Gasteiger partial charge in [-0.1, -0.05) is 48.5 Å². The molecule has 138 valence electrons. The minimum Gasteiger partial charge on any atom is -0.390 e. The summed E-state index contributed by atoms with van der Waals surface area (Å²) in [5, 5.41) is 12.1. The summed E-state index contributed by atoms with van der Waals surface area (Å²) in [5.74, 6) is 0. The summed E-state index contributed by atoms with van der Waals surface area (Å²) in [5.41, 5.74) is 10.7. The molecule has 1 fully saturated rings. The van der Waals surface area contributed by atoms with E-state index in [9.17, 15) is 5.11 Å². The average Bonchev–Trinajstić information content (AvgIpc) is 2.92. The van der Waals surface area contributed by atoms with Gasteiger partial charge in [0.2, 0.25) is 0 Å². The number of piperidine rings is 1. The molecule has 2 aromatic carbocycles. The maximum absolute atomic E-state index is 10.9. The molecule has 1 saturated heterocycles. The van der Waals surface area contributed by atoms with Crippen LogP contribution in [0.4, 0.5) is 0 Å². The van der Waals surface area contributed by atoms with E-state index >= 15 is 0 Å². The first-order valence-electron chi connectivity index (χ1n) is 9.77. The number of likely N-dealkylation sites (tertiary alicyclic amines) is 1. The number of hydrogen-bond donors (Lipinski definition) is 2. The van der Waals surface area contributed by atoms with Crippen molar-refractivity contribution < 1.29 is 5.11 Å². The van der Waals surface area contributed by atoms with Crippen LogP contribution in [0.5, 0.6) is 0 Å². The van der Waals surface area contributed by atoms with E-state index in [1.807, 2.05) is 18.2 Å². The van der Waals surface area contributed by atoms with Crippen LogP contribution in [0.25, 0.3) is 10.9 Å². The van der Waals surface area contributed by atoms with E-state index in [1.54, 1.807) is 0 Å². The van der Waals surface area contributed by atoms with Crippen LogP contribution in [0.1, 0.15) is 35.7 Å². The maximum atomic E-state index is 10.9. The summed E-state index contributed by atoms with van der Waals surface area (Å²) in [6.45, 7) is 2.75. The summed E-state index contributed by atoms with van der Waals surface area (Å²) < 4.78 is 0. The number of aliphatic hydroxyl groups excluding tert-OH is 1. The predicted octanol–water partition coefficient (Wildman–Crippen LogP) is 3.14. The molecule has 1 aliphatic carbocycles. The summed E-state index contributed by atoms with van der Waals surface area (Å²) >= 11 is 0. The number of benzene rings is 2. The lowest BCUT2D eigenvalue weighted by Gasteiger charge is -2.42. The van der Waals surface area contributed by atoms with E-state index in [4.69, 9.17) is 10.7 Å². The molecule has 2 aliphatic rings. The van der Waals surface area contributed by atoms with Crippen molar-refractivity contribution in [2.45, 2.75) is 36.9 Å². The third-order valence-corrected chi connectivity index (χ3v) is 6.55. The lowest BCUT2D eigenvalue weighted by Crippen LogP contribution is -2.48. The van der Waals surface area contributed by atoms with Crippen molar-refractivity contribution in [1.82, 2.24) is 9.88 Å². The molecule has 1 aliphatic heterocycles. The van der Waals surface area contributed by atoms with Gasteiger partial charge in [-0.05, 0) is 49.2 Å². The van der Waals surface area contributed by atoms with Crippen LogP contribution >= 0.6 is 0 Å². The van der Waals surface area contributed by atoms with Crippen LogP contribution in [-0.2, 0) is 12.0 Å². The number of nitrogens with zero attached hydrogens (tertiary/aromatic N) is 2. The standard InChI is InChI=1S/C23H25N3O/c24-21-18-6-2-3-7-19(18)23(22(21)27)11-13-26(14-12-23)15-17-10-9-16-5-1-4-8-20(16)25-17/h1-10,21-22,27H,11-15,24H2/t21-,22+/m0/s1. The van der Waals surface area contributed by atoms with Gasteiger partial charge in [-0.15, -0.1) is 0 Å². The molecule has 4 nitrogen and oxygen atoms in total. The van der Waals surface area contributed by atoms with E-state index in [1.165, 1.54) is 10.9 Å². The summed E-state index contributed by atoms with van der Waals surface area (Å²) in [7, 11) is 0. The number of pyridine rings is 1. The molecule has 27 heavy (non-hydrogen) atoms. The molecule has 1 aromatic heterocycles. The average molecular weight is 359 g/mol. The third kappa shape index (κ3) is 2.67. The molecule has 5 rings (SSSR count). The highest BCUT2D eigenvalue weighted by molar-refractivity contribution is 5.78. The summed E-state index contributed by atoms with van der Waals surface area (Å²) in [6, 6.07) is 20.6. The molecule has 2 atom stereocenters. The molecule has 0 unspecified atom stereocenters. The van der Waals surface area contributed by atoms with Gasteiger partial charge >= 0.3 is 0 Å². The number of rotatable bonds is 2. The number of fused-ring (bicyclic) bond motifs is 3. The zero-order valence-electron chi connectivity index (χ0n) is 15.4. The van der Waals surface area contributed by atoms with E-state index in [-0.39, 0.29) is 11.5 Å². The molecule has 0 saturated carbocycles. The zero-order valence-corrected chi connectivity index (χ0v) is 15.4. The van der Waals surface area contributed by atoms with E-state index < -0.39 is 6.10 Å². The van der Waals surface area contributed by atoms with Crippen LogP contribution in [0, 0.1) is 0 Å². The van der Waals surface area contributed by atoms with Crippen LogP contribution in [0.15, 0.2) is 60.7 Å². The second-order valence-corrected chi connectivity index (χ2v) is 7.99. The molecular weight excluding hydrogens is 334 g/mol. The van der Waals surface area contributed by atoms with Crippen molar-refractivity contribution >= 4 is 10.9 Å². The molecule has 2 heterocycles. The fourth-order valence-electron chi connectivity index (χ4n) is 5.01. The highest BCUT2D eigenvalue weighted by Crippen LogP contribution is 2.50. The Morgan fingerprint density at radius 2 is 1.74 bits per heavy atom. The van der Waals surface area contributed by atoms with Gasteiger partial charge in [0.05, 0.1) is 23.4 Å². The molecule has 0 bridgehead atoms. The van der Waals surface area contributed by atoms with Gasteiger partial charge in [-0.25, -0.2) is 0 Å². The van der Waals surface area contributed by atoms with Crippen LogP contribution in [0.3, 0.4) is 0 Å². The Hall–Kier alpha value is -2.27. The number of aromatic nitrogens is 1. The monoisotopic (exact) mass is 359 g/mol. The van der Waals surface area contributed by atoms with Crippen molar-refractivity contribution in [3.63, 3.8) is 0 Å². The lowest BCUT2D eigenvalue weighted by atomic mass is 9.72. The van der Waals surface area contributed by atoms with E-state index in [2.05, 4.69) is 47.4 Å². The Morgan fingerprint density at radius 1 is 1.00 bits per heavy atom. The lowest BCUT2D eigenvalue weighted by molar-refractivity contribution is 0.0269. The van der Waals surface area contributed by atoms with Crippen molar-refractivity contribution in [3.05, 3.63) is 77.5 Å². The number of para-hydroxylation sites is 1. The second-order valence-electron chi connectivity index (χ2n) is 7.99. The van der Waals surface area contributed by atoms with Crippen LogP contribution in [0.2, 0.25) is 0 Å². The number of nitrogens with two attached hydrogens (primary N) is 1. The van der Waals surface area contributed by atoms with E-state index in [0.717, 1.165) is 49.2 Å². The van der Waals surface area contributed by atoms with Gasteiger partial charge < -0.3 is 10.8 Å². The van der Waals surface area contributed by atoms with Gasteiger partial charge in [0.15, 0.2) is 0 Å². The highest BCUT2D eigenvalue weighted by Gasteiger charge is 2.51. The molecule has 3 aromatic rings. The van der Waals surface area contributed by atoms with Crippen molar-refractivity contribution in [1.29, 1.82) is 0 Å². The molecule has 3 N–H and O–H groups in total. The van der Waals surface area contributed by atoms with Crippen molar-refractivity contribution in [2.75, 3.05) is 13.1 Å². The smallest absolute Gasteiger partial charge is 0.0830 e. The Bertz CT molecular complexity index is 978. The van der Waals surface area contributed by atoms with Gasteiger partial charge in [-0.2, -0.15) is 0 Å². The fraction of sp³-hybridized carbons (Fsp3) is 0.348. The zero-order chi connectivity index (χ0) is 18.4. The first-order chi connectivity index (χ1) is 13.2. The molecule has 0 radical (unpaired) electrons. The third-order valence-electron chi connectivity index (χ3n) is 6.55. The molecular formula is C23H25N3O. The van der Waals surface area contributed by atoms with Crippen molar-refractivity contribution in [3.8, 4) is 0 Å². The molecule has 0 amide bonds. The van der Waals surface area contributed by atoms with Crippen LogP contribution in [-0.4, -0.2) is 34.2 Å². The van der Waals surface area contributed by atoms with E-state index in [0.29, 0.717) is 0 Å². The topological polar surface area (TPSA) is 62.4 Å². The molecule has 1 spiro atoms. The highest BCUT2D eigenvalue weighted by atomic mass is 16.3. The van der Waals surface area contributed by atoms with Gasteiger partial charge in [0.1, 0.15) is 0 Å². The normalized spacial score (nSPS) is 24.4. The van der Waals surface area contributed by atoms with Crippen LogP contribution < -0.4 is 5.73 Å². The first-order valence-corrected chi connectivity index (χ1v) is 9.77. The first kappa shape index (κ1) is 16.9. The maximum Gasteiger partial charge on any atom is 0.0830 e. The Balaban J connectivity index is 1.34. The second kappa shape index (κ2) is 6.41. The SMILES string of the molecule is N[C@H]1c2ccccc2C2(CCN(Cc3ccc4ccccc4n3)CC2)[C@@H]1O. The van der Waals surface area contributed by atoms with Gasteiger partial charge in [-0.3, -0.25) is 9.88 Å². The summed E-state index contributed by atoms with van der Waals surface area (Å²) in [6.07, 6.45) is 1.38. The minimum absolute atomic E-state index is 0.191. The Morgan fingerprint density at radius 3 is 2.59 bits per heavy atom. The Labute approximate surface area is 159 Å². The molecule has 4 heteroatoms. The Kier molecular flexibility index (Phi) is 4.01. The van der Waals surface area contributed by atoms with Gasteiger partial charge in [0.25, 0.3) is 0 Å². The fourth-order valence-corrected chi connectivity index (χ4v) is 5.01.